The van der Waals surface area contributed by atoms with Gasteiger partial charge in [0.25, 0.3) is 0 Å². The number of rotatable bonds is 4. The van der Waals surface area contributed by atoms with Gasteiger partial charge < -0.3 is 14.9 Å². The van der Waals surface area contributed by atoms with Crippen LogP contribution in [0.25, 0.3) is 0 Å². The van der Waals surface area contributed by atoms with Crippen molar-refractivity contribution in [3.8, 4) is 11.6 Å². The molecule has 1 aromatic heterocycles. The van der Waals surface area contributed by atoms with Crippen molar-refractivity contribution in [3.05, 3.63) is 53.2 Å². The summed E-state index contributed by atoms with van der Waals surface area (Å²) >= 11 is 0. The van der Waals surface area contributed by atoms with Crippen LogP contribution in [0.2, 0.25) is 0 Å². The van der Waals surface area contributed by atoms with E-state index in [-0.39, 0.29) is 18.1 Å². The molecule has 2 N–H and O–H groups in total. The van der Waals surface area contributed by atoms with Crippen LogP contribution in [0.4, 0.5) is 0 Å². The molecule has 1 aromatic carbocycles. The van der Waals surface area contributed by atoms with Crippen molar-refractivity contribution < 1.29 is 19.7 Å². The van der Waals surface area contributed by atoms with Crippen LogP contribution in [0.1, 0.15) is 21.6 Å². The van der Waals surface area contributed by atoms with E-state index in [0.717, 1.165) is 5.56 Å². The Bertz CT molecular complexity index is 593. The number of ether oxygens (including phenoxy) is 1. The molecule has 2 rings (SSSR count). The van der Waals surface area contributed by atoms with Gasteiger partial charge in [0.15, 0.2) is 0 Å². The first kappa shape index (κ1) is 13.0. The minimum absolute atomic E-state index is 0.0110. The van der Waals surface area contributed by atoms with Gasteiger partial charge in [0.2, 0.25) is 5.88 Å². The third kappa shape index (κ3) is 3.08. The van der Waals surface area contributed by atoms with Crippen molar-refractivity contribution in [1.82, 2.24) is 4.98 Å². The van der Waals surface area contributed by atoms with E-state index in [1.165, 1.54) is 6.07 Å². The number of pyridine rings is 1. The zero-order chi connectivity index (χ0) is 13.8. The number of carbonyl (C=O) groups is 1. The molecule has 5 nitrogen and oxygen atoms in total. The molecule has 0 aliphatic rings. The van der Waals surface area contributed by atoms with Gasteiger partial charge in [0.1, 0.15) is 11.3 Å². The molecule has 0 atom stereocenters. The summed E-state index contributed by atoms with van der Waals surface area (Å²) in [6.45, 7) is 1.71. The van der Waals surface area contributed by atoms with Crippen molar-refractivity contribution in [1.29, 1.82) is 0 Å². The zero-order valence-electron chi connectivity index (χ0n) is 10.3. The first-order valence-corrected chi connectivity index (χ1v) is 5.69. The summed E-state index contributed by atoms with van der Waals surface area (Å²) in [5.74, 6) is -0.559. The molecule has 0 spiro atoms. The highest BCUT2D eigenvalue weighted by Crippen LogP contribution is 2.24. The van der Waals surface area contributed by atoms with Gasteiger partial charge in [-0.05, 0) is 36.8 Å². The smallest absolute Gasteiger partial charge is 0.341 e. The molecule has 0 amide bonds. The number of aliphatic hydroxyl groups is 1. The molecule has 0 aliphatic heterocycles. The highest BCUT2D eigenvalue weighted by atomic mass is 16.5. The van der Waals surface area contributed by atoms with Crippen LogP contribution < -0.4 is 4.74 Å². The minimum atomic E-state index is -1.09. The molecule has 0 saturated carbocycles. The molecule has 0 fully saturated rings. The number of benzene rings is 1. The average Bonchev–Trinajstić information content (AvgIpc) is 2.39. The van der Waals surface area contributed by atoms with E-state index >= 15 is 0 Å². The number of hydrogen-bond donors (Lipinski definition) is 2. The number of aliphatic hydroxyl groups excluding tert-OH is 1. The quantitative estimate of drug-likeness (QED) is 0.881. The molecule has 0 saturated heterocycles. The predicted octanol–water partition coefficient (Wildman–Crippen LogP) is 2.37. The summed E-state index contributed by atoms with van der Waals surface area (Å²) in [7, 11) is 0. The lowest BCUT2D eigenvalue weighted by Gasteiger charge is -2.08. The number of hydrogen-bond acceptors (Lipinski definition) is 4. The van der Waals surface area contributed by atoms with Crippen molar-refractivity contribution in [2.24, 2.45) is 0 Å². The number of carboxylic acid groups (broad SMARTS) is 1. The molecule has 2 aromatic rings. The van der Waals surface area contributed by atoms with Gasteiger partial charge >= 0.3 is 5.97 Å². The molecule has 1 heterocycles. The van der Waals surface area contributed by atoms with Crippen molar-refractivity contribution in [2.45, 2.75) is 13.5 Å². The topological polar surface area (TPSA) is 79.7 Å². The third-order valence-corrected chi connectivity index (χ3v) is 2.55. The molecule has 0 bridgehead atoms. The van der Waals surface area contributed by atoms with Crippen LogP contribution in [-0.2, 0) is 6.61 Å². The Morgan fingerprint density at radius 3 is 2.47 bits per heavy atom. The monoisotopic (exact) mass is 259 g/mol. The van der Waals surface area contributed by atoms with Gasteiger partial charge in [-0.25, -0.2) is 9.78 Å². The SMILES string of the molecule is Cc1ccc(C(=O)O)c(Oc2ccc(CO)cc2)n1. The first-order chi connectivity index (χ1) is 9.10. The summed E-state index contributed by atoms with van der Waals surface area (Å²) in [5.41, 5.74) is 1.44. The Morgan fingerprint density at radius 2 is 1.89 bits per heavy atom. The fraction of sp³-hybridized carbons (Fsp3) is 0.143. The minimum Gasteiger partial charge on any atom is -0.477 e. The fourth-order valence-electron chi connectivity index (χ4n) is 1.55. The summed E-state index contributed by atoms with van der Waals surface area (Å²) in [6.07, 6.45) is 0. The van der Waals surface area contributed by atoms with Gasteiger partial charge in [0, 0.05) is 5.69 Å². The summed E-state index contributed by atoms with van der Waals surface area (Å²) in [5, 5.41) is 18.0. The summed E-state index contributed by atoms with van der Waals surface area (Å²) < 4.78 is 5.48. The van der Waals surface area contributed by atoms with Crippen molar-refractivity contribution in [3.63, 3.8) is 0 Å². The van der Waals surface area contributed by atoms with Crippen LogP contribution in [-0.4, -0.2) is 21.2 Å². The van der Waals surface area contributed by atoms with Crippen LogP contribution in [0.3, 0.4) is 0 Å². The van der Waals surface area contributed by atoms with Gasteiger partial charge in [0.05, 0.1) is 6.61 Å². The van der Waals surface area contributed by atoms with Gasteiger partial charge in [-0.15, -0.1) is 0 Å². The van der Waals surface area contributed by atoms with Crippen LogP contribution in [0.15, 0.2) is 36.4 Å². The highest BCUT2D eigenvalue weighted by molar-refractivity contribution is 5.90. The molecule has 98 valence electrons. The Kier molecular flexibility index (Phi) is 3.77. The second-order valence-electron chi connectivity index (χ2n) is 4.01. The van der Waals surface area contributed by atoms with E-state index in [9.17, 15) is 4.79 Å². The molecule has 0 unspecified atom stereocenters. The second kappa shape index (κ2) is 5.49. The summed E-state index contributed by atoms with van der Waals surface area (Å²) in [6, 6.07) is 9.78. The van der Waals surface area contributed by atoms with Crippen molar-refractivity contribution in [2.75, 3.05) is 0 Å². The van der Waals surface area contributed by atoms with E-state index in [1.807, 2.05) is 0 Å². The average molecular weight is 259 g/mol. The van der Waals surface area contributed by atoms with Gasteiger partial charge in [-0.1, -0.05) is 12.1 Å². The third-order valence-electron chi connectivity index (χ3n) is 2.55. The molecular formula is C14H13NO4. The Balaban J connectivity index is 2.31. The second-order valence-corrected chi connectivity index (χ2v) is 4.01. The maximum Gasteiger partial charge on any atom is 0.341 e. The van der Waals surface area contributed by atoms with E-state index in [0.29, 0.717) is 11.4 Å². The number of aromatic carboxylic acids is 1. The number of aryl methyl sites for hydroxylation is 1. The normalized spacial score (nSPS) is 10.2. The lowest BCUT2D eigenvalue weighted by atomic mass is 10.2. The maximum atomic E-state index is 11.1. The molecule has 0 radical (unpaired) electrons. The number of nitrogens with zero attached hydrogens (tertiary/aromatic N) is 1. The number of aromatic nitrogens is 1. The van der Waals surface area contributed by atoms with E-state index in [4.69, 9.17) is 14.9 Å². The van der Waals surface area contributed by atoms with Crippen molar-refractivity contribution >= 4 is 5.97 Å². The fourth-order valence-corrected chi connectivity index (χ4v) is 1.55. The molecule has 0 aliphatic carbocycles. The van der Waals surface area contributed by atoms with Crippen LogP contribution in [0, 0.1) is 6.92 Å². The largest absolute Gasteiger partial charge is 0.477 e. The van der Waals surface area contributed by atoms with E-state index < -0.39 is 5.97 Å². The first-order valence-electron chi connectivity index (χ1n) is 5.69. The molecule has 5 heteroatoms. The molecule has 19 heavy (non-hydrogen) atoms. The lowest BCUT2D eigenvalue weighted by Crippen LogP contribution is -2.02. The Labute approximate surface area is 110 Å². The van der Waals surface area contributed by atoms with E-state index in [2.05, 4.69) is 4.98 Å². The lowest BCUT2D eigenvalue weighted by molar-refractivity contribution is 0.0693. The van der Waals surface area contributed by atoms with E-state index in [1.54, 1.807) is 37.3 Å². The predicted molar refractivity (Wildman–Crippen MR) is 68.4 cm³/mol. The zero-order valence-corrected chi connectivity index (χ0v) is 10.3. The highest BCUT2D eigenvalue weighted by Gasteiger charge is 2.13. The standard InChI is InChI=1S/C14H13NO4/c1-9-2-7-12(14(17)18)13(15-9)19-11-5-3-10(8-16)4-6-11/h2-7,16H,8H2,1H3,(H,17,18). The Hall–Kier alpha value is -2.40. The Morgan fingerprint density at radius 1 is 1.21 bits per heavy atom. The summed E-state index contributed by atoms with van der Waals surface area (Å²) in [4.78, 5) is 15.2. The van der Waals surface area contributed by atoms with Crippen LogP contribution in [0.5, 0.6) is 11.6 Å². The van der Waals surface area contributed by atoms with Gasteiger partial charge in [-0.3, -0.25) is 0 Å². The van der Waals surface area contributed by atoms with Crippen LogP contribution >= 0.6 is 0 Å². The molecular weight excluding hydrogens is 246 g/mol. The maximum absolute atomic E-state index is 11.1. The van der Waals surface area contributed by atoms with Gasteiger partial charge in [-0.2, -0.15) is 0 Å². The number of carboxylic acids is 1.